The highest BCUT2D eigenvalue weighted by Gasteiger charge is 2.32. The van der Waals surface area contributed by atoms with Crippen LogP contribution in [0.1, 0.15) is 11.1 Å². The maximum Gasteiger partial charge on any atom is 0.292 e. The topological polar surface area (TPSA) is 80.5 Å². The van der Waals surface area contributed by atoms with Crippen molar-refractivity contribution in [3.63, 3.8) is 0 Å². The molecule has 0 atom stereocenters. The minimum absolute atomic E-state index is 0.146. The summed E-state index contributed by atoms with van der Waals surface area (Å²) < 4.78 is 25.6. The van der Waals surface area contributed by atoms with Gasteiger partial charge in [-0.1, -0.05) is 18.1 Å². The Hall–Kier alpha value is -1.91. The second kappa shape index (κ2) is 5.38. The van der Waals surface area contributed by atoms with Crippen LogP contribution in [0.25, 0.3) is 0 Å². The summed E-state index contributed by atoms with van der Waals surface area (Å²) in [5, 5.41) is 11.1. The SMILES string of the molecule is C#CCN(C)S(=O)(=O)c1c(C)ccc(C)c1[N+](=O)[O-]. The van der Waals surface area contributed by atoms with Gasteiger partial charge in [0, 0.05) is 12.6 Å². The van der Waals surface area contributed by atoms with Crippen LogP contribution in [-0.4, -0.2) is 31.2 Å². The van der Waals surface area contributed by atoms with E-state index in [4.69, 9.17) is 6.42 Å². The molecular formula is C12H14N2O4S. The highest BCUT2D eigenvalue weighted by molar-refractivity contribution is 7.89. The lowest BCUT2D eigenvalue weighted by molar-refractivity contribution is -0.388. The maximum atomic E-state index is 12.3. The molecule has 0 aromatic heterocycles. The largest absolute Gasteiger partial charge is 0.292 e. The molecule has 0 spiro atoms. The molecule has 0 amide bonds. The van der Waals surface area contributed by atoms with E-state index in [1.165, 1.54) is 27.0 Å². The molecule has 0 bridgehead atoms. The molecule has 0 aliphatic heterocycles. The van der Waals surface area contributed by atoms with E-state index in [9.17, 15) is 18.5 Å². The summed E-state index contributed by atoms with van der Waals surface area (Å²) in [6.45, 7) is 2.87. The fourth-order valence-corrected chi connectivity index (χ4v) is 3.20. The van der Waals surface area contributed by atoms with Crippen LogP contribution < -0.4 is 0 Å². The van der Waals surface area contributed by atoms with Crippen molar-refractivity contribution in [1.29, 1.82) is 0 Å². The van der Waals surface area contributed by atoms with Gasteiger partial charge in [0.25, 0.3) is 15.7 Å². The molecule has 1 rings (SSSR count). The first-order valence-corrected chi connectivity index (χ1v) is 6.82. The minimum atomic E-state index is -3.98. The molecule has 1 aromatic carbocycles. The summed E-state index contributed by atoms with van der Waals surface area (Å²) in [5.74, 6) is 2.20. The van der Waals surface area contributed by atoms with E-state index in [0.717, 1.165) is 4.31 Å². The number of sulfonamides is 1. The molecule has 0 heterocycles. The predicted molar refractivity (Wildman–Crippen MR) is 71.2 cm³/mol. The van der Waals surface area contributed by atoms with E-state index in [1.807, 2.05) is 0 Å². The van der Waals surface area contributed by atoms with Crippen molar-refractivity contribution in [3.05, 3.63) is 33.4 Å². The number of nitrogens with zero attached hydrogens (tertiary/aromatic N) is 2. The molecule has 0 radical (unpaired) electrons. The van der Waals surface area contributed by atoms with Gasteiger partial charge in [0.05, 0.1) is 11.5 Å². The van der Waals surface area contributed by atoms with E-state index in [0.29, 0.717) is 11.1 Å². The smallest absolute Gasteiger partial charge is 0.258 e. The third-order valence-corrected chi connectivity index (χ3v) is 4.68. The van der Waals surface area contributed by atoms with Gasteiger partial charge in [-0.2, -0.15) is 4.31 Å². The first-order valence-electron chi connectivity index (χ1n) is 5.38. The molecule has 1 aromatic rings. The van der Waals surface area contributed by atoms with E-state index in [1.54, 1.807) is 6.07 Å². The molecule has 7 heteroatoms. The zero-order valence-electron chi connectivity index (χ0n) is 10.9. The minimum Gasteiger partial charge on any atom is -0.258 e. The fraction of sp³-hybridized carbons (Fsp3) is 0.333. The van der Waals surface area contributed by atoms with Crippen molar-refractivity contribution in [2.24, 2.45) is 0 Å². The molecule has 0 N–H and O–H groups in total. The average Bonchev–Trinajstić information content (AvgIpc) is 2.31. The Morgan fingerprint density at radius 1 is 1.37 bits per heavy atom. The third-order valence-electron chi connectivity index (χ3n) is 2.69. The normalized spacial score (nSPS) is 11.3. The molecule has 6 nitrogen and oxygen atoms in total. The third kappa shape index (κ3) is 2.75. The van der Waals surface area contributed by atoms with Gasteiger partial charge in [-0.05, 0) is 19.4 Å². The van der Waals surface area contributed by atoms with Gasteiger partial charge < -0.3 is 0 Å². The average molecular weight is 282 g/mol. The molecule has 0 saturated carbocycles. The molecule has 0 aliphatic carbocycles. The van der Waals surface area contributed by atoms with Gasteiger partial charge in [-0.15, -0.1) is 6.42 Å². The van der Waals surface area contributed by atoms with Gasteiger partial charge in [0.2, 0.25) is 0 Å². The summed E-state index contributed by atoms with van der Waals surface area (Å²) in [6, 6.07) is 3.06. The number of rotatable bonds is 4. The van der Waals surface area contributed by atoms with Crippen molar-refractivity contribution in [3.8, 4) is 12.3 Å². The van der Waals surface area contributed by atoms with Crippen LogP contribution in [0.15, 0.2) is 17.0 Å². The monoisotopic (exact) mass is 282 g/mol. The number of nitro benzene ring substituents is 1. The van der Waals surface area contributed by atoms with Crippen LogP contribution >= 0.6 is 0 Å². The molecule has 19 heavy (non-hydrogen) atoms. The quantitative estimate of drug-likeness (QED) is 0.476. The van der Waals surface area contributed by atoms with Gasteiger partial charge in [-0.25, -0.2) is 8.42 Å². The predicted octanol–water partition coefficient (Wildman–Crippen LogP) is 1.47. The Balaban J connectivity index is 3.64. The van der Waals surface area contributed by atoms with Gasteiger partial charge >= 0.3 is 0 Å². The molecule has 0 unspecified atom stereocenters. The highest BCUT2D eigenvalue weighted by Crippen LogP contribution is 2.32. The lowest BCUT2D eigenvalue weighted by Crippen LogP contribution is -2.28. The summed E-state index contributed by atoms with van der Waals surface area (Å²) in [7, 11) is -2.69. The van der Waals surface area contributed by atoms with Gasteiger partial charge in [-0.3, -0.25) is 10.1 Å². The van der Waals surface area contributed by atoms with Crippen molar-refractivity contribution in [2.75, 3.05) is 13.6 Å². The number of nitro groups is 1. The van der Waals surface area contributed by atoms with Gasteiger partial charge in [0.15, 0.2) is 4.90 Å². The van der Waals surface area contributed by atoms with E-state index in [-0.39, 0.29) is 11.4 Å². The second-order valence-electron chi connectivity index (χ2n) is 4.10. The van der Waals surface area contributed by atoms with Gasteiger partial charge in [0.1, 0.15) is 0 Å². The molecule has 102 valence electrons. The summed E-state index contributed by atoms with van der Waals surface area (Å²) >= 11 is 0. The first kappa shape index (κ1) is 15.1. The van der Waals surface area contributed by atoms with Crippen LogP contribution in [0.5, 0.6) is 0 Å². The molecule has 0 saturated heterocycles. The lowest BCUT2D eigenvalue weighted by atomic mass is 10.1. The highest BCUT2D eigenvalue weighted by atomic mass is 32.2. The van der Waals surface area contributed by atoms with E-state index >= 15 is 0 Å². The summed E-state index contributed by atoms with van der Waals surface area (Å²) in [6.07, 6.45) is 5.08. The van der Waals surface area contributed by atoms with Crippen molar-refractivity contribution in [2.45, 2.75) is 18.7 Å². The zero-order chi connectivity index (χ0) is 14.8. The Morgan fingerprint density at radius 2 is 1.89 bits per heavy atom. The Morgan fingerprint density at radius 3 is 2.37 bits per heavy atom. The van der Waals surface area contributed by atoms with E-state index < -0.39 is 20.6 Å². The van der Waals surface area contributed by atoms with Crippen LogP contribution in [0.2, 0.25) is 0 Å². The fourth-order valence-electron chi connectivity index (χ4n) is 1.69. The van der Waals surface area contributed by atoms with Crippen molar-refractivity contribution < 1.29 is 13.3 Å². The number of hydrogen-bond donors (Lipinski definition) is 0. The van der Waals surface area contributed by atoms with Crippen LogP contribution in [0.4, 0.5) is 5.69 Å². The number of terminal acetylenes is 1. The number of hydrogen-bond acceptors (Lipinski definition) is 4. The van der Waals surface area contributed by atoms with Crippen molar-refractivity contribution >= 4 is 15.7 Å². The Bertz CT molecular complexity index is 659. The van der Waals surface area contributed by atoms with Crippen LogP contribution in [0.3, 0.4) is 0 Å². The van der Waals surface area contributed by atoms with Crippen molar-refractivity contribution in [1.82, 2.24) is 4.31 Å². The Labute approximate surface area is 112 Å². The zero-order valence-corrected chi connectivity index (χ0v) is 11.7. The standard InChI is InChI=1S/C12H14N2O4S/c1-5-8-13(4)19(17,18)12-10(3)7-6-9(2)11(12)14(15)16/h1,6-7H,8H2,2-4H3. The first-order chi connectivity index (χ1) is 8.73. The summed E-state index contributed by atoms with van der Waals surface area (Å²) in [5.41, 5.74) is 0.216. The lowest BCUT2D eigenvalue weighted by Gasteiger charge is -2.16. The number of benzene rings is 1. The maximum absolute atomic E-state index is 12.3. The number of aryl methyl sites for hydroxylation is 2. The Kier molecular flexibility index (Phi) is 4.29. The summed E-state index contributed by atoms with van der Waals surface area (Å²) in [4.78, 5) is 10.1. The van der Waals surface area contributed by atoms with Crippen LogP contribution in [0, 0.1) is 36.3 Å². The second-order valence-corrected chi connectivity index (χ2v) is 6.08. The molecule has 0 aliphatic rings. The van der Waals surface area contributed by atoms with Crippen LogP contribution in [-0.2, 0) is 10.0 Å². The molecule has 0 fully saturated rings. The van der Waals surface area contributed by atoms with E-state index in [2.05, 4.69) is 5.92 Å². The molecular weight excluding hydrogens is 268 g/mol.